The first kappa shape index (κ1) is 46.1. The van der Waals surface area contributed by atoms with Gasteiger partial charge in [0.1, 0.15) is 34.5 Å². The third kappa shape index (κ3) is 9.33. The third-order valence-electron chi connectivity index (χ3n) is 11.9. The number of amides is 2. The number of aromatic nitrogens is 5. The molecule has 5 heterocycles. The molecule has 0 bridgehead atoms. The number of thiophene rings is 1. The van der Waals surface area contributed by atoms with Gasteiger partial charge in [0.2, 0.25) is 17.8 Å². The van der Waals surface area contributed by atoms with Crippen molar-refractivity contribution in [2.45, 2.75) is 47.1 Å². The van der Waals surface area contributed by atoms with Gasteiger partial charge >= 0.3 is 0 Å². The standard InChI is InChI=1S/C32H34ClFN6O3.C17H15ClN4S/c1-4-27(43)39-13-15-40(16-14-39)31-25-19-26(33)28(24-18-22(42)17-21-9-5-6-10-23(21)24)29(34)30(25)36-32(37-31)38(3)12-8-7-11-35-20(2)41;1-9-10(2)23-17-15(9)16(12-4-6-13(18)7-5-12)19-8-14-21-20-11(3)22(14)17/h4-6,9-10,17-19,42H,1,7-8,11-16H2,2-3H3,(H,35,41);4-7H,8H2,1-3H3. The fraction of sp³-hybridized carbons (Fsp3) is 0.286. The quantitative estimate of drug-likeness (QED) is 0.101. The van der Waals surface area contributed by atoms with Gasteiger partial charge in [-0.05, 0) is 91.9 Å². The number of benzene rings is 4. The number of halogens is 3. The molecule has 9 rings (SSSR count). The fourth-order valence-electron chi connectivity index (χ4n) is 8.33. The highest BCUT2D eigenvalue weighted by atomic mass is 35.5. The van der Waals surface area contributed by atoms with Crippen molar-refractivity contribution in [1.82, 2.24) is 34.9 Å². The van der Waals surface area contributed by atoms with Crippen LogP contribution in [0.2, 0.25) is 10.0 Å². The summed E-state index contributed by atoms with van der Waals surface area (Å²) in [5.41, 5.74) is 5.25. The van der Waals surface area contributed by atoms with Crippen molar-refractivity contribution in [1.29, 1.82) is 0 Å². The lowest BCUT2D eigenvalue weighted by atomic mass is 9.96. The van der Waals surface area contributed by atoms with Crippen LogP contribution in [0.15, 0.2) is 84.4 Å². The molecular weight excluding hydrogens is 899 g/mol. The number of hydrogen-bond acceptors (Lipinski definition) is 11. The van der Waals surface area contributed by atoms with Crippen molar-refractivity contribution in [2.75, 3.05) is 56.1 Å². The minimum Gasteiger partial charge on any atom is -0.508 e. The highest BCUT2D eigenvalue weighted by molar-refractivity contribution is 7.15. The van der Waals surface area contributed by atoms with Crippen LogP contribution in [-0.2, 0) is 16.1 Å². The summed E-state index contributed by atoms with van der Waals surface area (Å²) in [7, 11) is 1.85. The number of piperazine rings is 1. The van der Waals surface area contributed by atoms with Gasteiger partial charge in [0.25, 0.3) is 0 Å². The molecule has 4 aromatic carbocycles. The van der Waals surface area contributed by atoms with Gasteiger partial charge < -0.3 is 25.1 Å². The second-order valence-electron chi connectivity index (χ2n) is 16.3. The summed E-state index contributed by atoms with van der Waals surface area (Å²) in [5.74, 6) is 1.84. The van der Waals surface area contributed by atoms with Crippen LogP contribution >= 0.6 is 34.5 Å². The first-order chi connectivity index (χ1) is 31.7. The van der Waals surface area contributed by atoms with E-state index in [-0.39, 0.29) is 33.7 Å². The van der Waals surface area contributed by atoms with Gasteiger partial charge in [0.05, 0.1) is 10.7 Å². The summed E-state index contributed by atoms with van der Waals surface area (Å²) in [5, 5.41) is 25.8. The molecule has 0 unspecified atom stereocenters. The maximum absolute atomic E-state index is 16.7. The molecule has 0 spiro atoms. The molecule has 1 saturated heterocycles. The van der Waals surface area contributed by atoms with Crippen LogP contribution in [-0.4, -0.2) is 98.6 Å². The first-order valence-corrected chi connectivity index (χ1v) is 23.2. The Bertz CT molecular complexity index is 3040. The van der Waals surface area contributed by atoms with Crippen molar-refractivity contribution in [3.63, 3.8) is 0 Å². The number of anilines is 2. The van der Waals surface area contributed by atoms with Crippen LogP contribution in [0.25, 0.3) is 37.8 Å². The number of phenolic OH excluding ortho intramolecular Hbond substituents is 1. The van der Waals surface area contributed by atoms with Gasteiger partial charge in [-0.1, -0.05) is 66.2 Å². The largest absolute Gasteiger partial charge is 0.508 e. The predicted octanol–water partition coefficient (Wildman–Crippen LogP) is 9.39. The van der Waals surface area contributed by atoms with Crippen molar-refractivity contribution < 1.29 is 19.1 Å². The van der Waals surface area contributed by atoms with Crippen LogP contribution in [0.4, 0.5) is 16.2 Å². The summed E-state index contributed by atoms with van der Waals surface area (Å²) in [4.78, 5) is 44.7. The number of unbranched alkanes of at least 4 members (excludes halogenated alkanes) is 1. The Labute approximate surface area is 396 Å². The Morgan fingerprint density at radius 1 is 0.955 bits per heavy atom. The Morgan fingerprint density at radius 2 is 1.70 bits per heavy atom. The highest BCUT2D eigenvalue weighted by Gasteiger charge is 2.28. The summed E-state index contributed by atoms with van der Waals surface area (Å²) >= 11 is 14.6. The molecule has 0 radical (unpaired) electrons. The average Bonchev–Trinajstić information content (AvgIpc) is 3.76. The number of aromatic hydroxyl groups is 1. The van der Waals surface area contributed by atoms with Gasteiger partial charge in [-0.25, -0.2) is 9.37 Å². The van der Waals surface area contributed by atoms with E-state index >= 15 is 4.39 Å². The average molecular weight is 948 g/mol. The van der Waals surface area contributed by atoms with E-state index in [1.165, 1.54) is 35.1 Å². The van der Waals surface area contributed by atoms with E-state index in [0.717, 1.165) is 56.6 Å². The molecule has 340 valence electrons. The van der Waals surface area contributed by atoms with E-state index in [4.69, 9.17) is 33.2 Å². The number of fused-ring (bicyclic) bond motifs is 5. The smallest absolute Gasteiger partial charge is 0.246 e. The van der Waals surface area contributed by atoms with Crippen LogP contribution < -0.4 is 15.1 Å². The van der Waals surface area contributed by atoms with Gasteiger partial charge in [-0.2, -0.15) is 4.98 Å². The lowest BCUT2D eigenvalue weighted by Crippen LogP contribution is -2.48. The van der Waals surface area contributed by atoms with Gasteiger partial charge in [-0.15, -0.1) is 21.5 Å². The molecule has 2 aliphatic rings. The lowest BCUT2D eigenvalue weighted by molar-refractivity contribution is -0.126. The number of phenols is 1. The minimum atomic E-state index is -0.609. The molecule has 0 saturated carbocycles. The Kier molecular flexibility index (Phi) is 13.7. The molecule has 2 N–H and O–H groups in total. The number of nitrogens with one attached hydrogen (secondary N) is 1. The normalized spacial score (nSPS) is 13.4. The molecule has 66 heavy (non-hydrogen) atoms. The first-order valence-electron chi connectivity index (χ1n) is 21.6. The van der Waals surface area contributed by atoms with Crippen molar-refractivity contribution in [2.24, 2.45) is 4.99 Å². The summed E-state index contributed by atoms with van der Waals surface area (Å²) < 4.78 is 18.8. The second kappa shape index (κ2) is 19.6. The zero-order chi connectivity index (χ0) is 46.8. The number of hydrogen-bond donors (Lipinski definition) is 2. The Morgan fingerprint density at radius 3 is 2.42 bits per heavy atom. The lowest BCUT2D eigenvalue weighted by Gasteiger charge is -2.35. The molecule has 0 aliphatic carbocycles. The minimum absolute atomic E-state index is 0.000678. The zero-order valence-corrected chi connectivity index (χ0v) is 39.7. The summed E-state index contributed by atoms with van der Waals surface area (Å²) in [6.07, 6.45) is 2.83. The van der Waals surface area contributed by atoms with E-state index in [1.54, 1.807) is 28.4 Å². The van der Waals surface area contributed by atoms with E-state index in [0.29, 0.717) is 68.5 Å². The van der Waals surface area contributed by atoms with Gasteiger partial charge in [0.15, 0.2) is 11.6 Å². The molecule has 0 atom stereocenters. The van der Waals surface area contributed by atoms with Crippen LogP contribution in [0.1, 0.15) is 53.0 Å². The van der Waals surface area contributed by atoms with Crippen LogP contribution in [0, 0.1) is 26.6 Å². The predicted molar refractivity (Wildman–Crippen MR) is 264 cm³/mol. The highest BCUT2D eigenvalue weighted by Crippen LogP contribution is 2.43. The summed E-state index contributed by atoms with van der Waals surface area (Å²) in [6, 6.07) is 20.1. The number of carbonyl (C=O) groups excluding carboxylic acids is 2. The number of rotatable bonds is 10. The number of aliphatic imine (C=N–C) groups is 1. The number of aryl methyl sites for hydroxylation is 2. The molecule has 3 aromatic heterocycles. The topological polar surface area (TPSA) is 145 Å². The molecule has 1 fully saturated rings. The molecule has 17 heteroatoms. The maximum Gasteiger partial charge on any atom is 0.246 e. The van der Waals surface area contributed by atoms with E-state index in [1.807, 2.05) is 72.3 Å². The second-order valence-corrected chi connectivity index (χ2v) is 18.3. The Balaban J connectivity index is 0.000000215. The molecule has 2 aliphatic heterocycles. The monoisotopic (exact) mass is 946 g/mol. The van der Waals surface area contributed by atoms with Crippen LogP contribution in [0.5, 0.6) is 5.75 Å². The van der Waals surface area contributed by atoms with Crippen molar-refractivity contribution >= 4 is 85.5 Å². The number of nitrogens with zero attached hydrogens (tertiary/aromatic N) is 9. The van der Waals surface area contributed by atoms with Crippen molar-refractivity contribution in [3.8, 4) is 21.9 Å². The molecule has 2 amide bonds. The third-order valence-corrected chi connectivity index (χ3v) is 13.6. The number of carbonyl (C=O) groups is 2. The van der Waals surface area contributed by atoms with Gasteiger partial charge in [-0.3, -0.25) is 19.1 Å². The molecular formula is C49H49Cl2FN10O3S. The Hall–Kier alpha value is -6.42. The van der Waals surface area contributed by atoms with E-state index in [2.05, 4.69) is 45.5 Å². The van der Waals surface area contributed by atoms with Crippen LogP contribution in [0.3, 0.4) is 0 Å². The SMILES string of the molecule is C=CC(=O)N1CCN(c2nc(N(C)CCCCNC(C)=O)nc3c(F)c(-c4cc(O)cc5ccccc45)c(Cl)cc23)CC1.Cc1sc2c(c1C)C(c1ccc(Cl)cc1)=NCc1nnc(C)n1-2. The van der Waals surface area contributed by atoms with E-state index in [9.17, 15) is 14.7 Å². The summed E-state index contributed by atoms with van der Waals surface area (Å²) in [6.45, 7) is 14.9. The van der Waals surface area contributed by atoms with Crippen molar-refractivity contribution in [3.05, 3.63) is 128 Å². The molecule has 13 nitrogen and oxygen atoms in total. The van der Waals surface area contributed by atoms with Gasteiger partial charge in [0, 0.05) is 85.2 Å². The zero-order valence-electron chi connectivity index (χ0n) is 37.3. The molecule has 7 aromatic rings. The maximum atomic E-state index is 16.7. The van der Waals surface area contributed by atoms with E-state index < -0.39 is 5.82 Å². The fourth-order valence-corrected chi connectivity index (χ4v) is 9.97.